The molecule has 2 aromatic rings. The van der Waals surface area contributed by atoms with Crippen molar-refractivity contribution in [2.24, 2.45) is 5.92 Å². The van der Waals surface area contributed by atoms with Crippen molar-refractivity contribution in [3.8, 4) is 5.75 Å². The lowest BCUT2D eigenvalue weighted by Gasteiger charge is -2.37. The molecule has 0 aliphatic carbocycles. The van der Waals surface area contributed by atoms with Crippen molar-refractivity contribution in [2.75, 3.05) is 11.9 Å². The lowest BCUT2D eigenvalue weighted by molar-refractivity contribution is -0.141. The Morgan fingerprint density at radius 2 is 1.57 bits per heavy atom. The summed E-state index contributed by atoms with van der Waals surface area (Å²) in [5.74, 6) is -1.40. The molecule has 0 aliphatic rings. The largest absolute Gasteiger partial charge is 0.542 e. The summed E-state index contributed by atoms with van der Waals surface area (Å²) >= 11 is 0. The van der Waals surface area contributed by atoms with Crippen LogP contribution >= 0.6 is 0 Å². The number of hydrogen-bond acceptors (Lipinski definition) is 7. The molecule has 12 heteroatoms. The van der Waals surface area contributed by atoms with E-state index in [1.165, 1.54) is 0 Å². The van der Waals surface area contributed by atoms with E-state index >= 15 is 0 Å². The van der Waals surface area contributed by atoms with Gasteiger partial charge in [0.05, 0.1) is 11.6 Å². The van der Waals surface area contributed by atoms with Gasteiger partial charge in [-0.3, -0.25) is 9.59 Å². The van der Waals surface area contributed by atoms with Crippen molar-refractivity contribution in [3.05, 3.63) is 59.7 Å². The Bertz CT molecular complexity index is 1350. The van der Waals surface area contributed by atoms with Crippen molar-refractivity contribution in [1.82, 2.24) is 10.6 Å². The lowest BCUT2D eigenvalue weighted by Crippen LogP contribution is -2.44. The van der Waals surface area contributed by atoms with E-state index in [4.69, 9.17) is 13.9 Å². The van der Waals surface area contributed by atoms with Gasteiger partial charge in [0.25, 0.3) is 8.32 Å². The summed E-state index contributed by atoms with van der Waals surface area (Å²) in [5, 5.41) is 17.9. The number of carboxylic acids is 1. The molecule has 47 heavy (non-hydrogen) atoms. The molecular weight excluding hydrogens is 618 g/mol. The summed E-state index contributed by atoms with van der Waals surface area (Å²) in [6.45, 7) is 17.9. The molecular formula is C35H53N3O8Si. The van der Waals surface area contributed by atoms with Gasteiger partial charge in [-0.2, -0.15) is 0 Å². The Morgan fingerprint density at radius 1 is 0.915 bits per heavy atom. The minimum Gasteiger partial charge on any atom is -0.542 e. The third kappa shape index (κ3) is 14.5. The van der Waals surface area contributed by atoms with Gasteiger partial charge in [-0.25, -0.2) is 9.59 Å². The highest BCUT2D eigenvalue weighted by atomic mass is 28.4. The zero-order valence-electron chi connectivity index (χ0n) is 29.3. The van der Waals surface area contributed by atoms with Gasteiger partial charge in [0.15, 0.2) is 0 Å². The normalized spacial score (nSPS) is 13.1. The number of aliphatic carboxylic acids is 1. The summed E-state index contributed by atoms with van der Waals surface area (Å²) in [6.07, 6.45) is -0.182. The molecule has 0 aromatic heterocycles. The fourth-order valence-electron chi connectivity index (χ4n) is 4.22. The molecule has 260 valence electrons. The summed E-state index contributed by atoms with van der Waals surface area (Å²) in [6, 6.07) is 14.3. The maximum absolute atomic E-state index is 13.1. The third-order valence-electron chi connectivity index (χ3n) is 7.81. The van der Waals surface area contributed by atoms with Crippen LogP contribution in [0.4, 0.5) is 15.3 Å². The summed E-state index contributed by atoms with van der Waals surface area (Å²) in [5.41, 5.74) is 1.41. The molecule has 11 nitrogen and oxygen atoms in total. The maximum atomic E-state index is 13.1. The molecule has 0 bridgehead atoms. The van der Waals surface area contributed by atoms with Gasteiger partial charge in [-0.05, 0) is 81.4 Å². The zero-order chi connectivity index (χ0) is 35.4. The molecule has 1 unspecified atom stereocenters. The topological polar surface area (TPSA) is 152 Å². The van der Waals surface area contributed by atoms with Gasteiger partial charge < -0.3 is 35.0 Å². The minimum atomic E-state index is -2.28. The van der Waals surface area contributed by atoms with Crippen LogP contribution in [0.3, 0.4) is 0 Å². The average Bonchev–Trinajstić information content (AvgIpc) is 2.94. The van der Waals surface area contributed by atoms with Crippen LogP contribution in [-0.4, -0.2) is 55.7 Å². The van der Waals surface area contributed by atoms with Crippen molar-refractivity contribution >= 4 is 38.1 Å². The van der Waals surface area contributed by atoms with Crippen molar-refractivity contribution in [1.29, 1.82) is 0 Å². The third-order valence-corrected chi connectivity index (χ3v) is 12.2. The Morgan fingerprint density at radius 3 is 2.17 bits per heavy atom. The molecule has 3 amide bonds. The number of hydrogen-bond donors (Lipinski definition) is 4. The molecule has 2 rings (SSSR count). The Labute approximate surface area is 280 Å². The Hall–Kier alpha value is -4.06. The van der Waals surface area contributed by atoms with E-state index in [0.29, 0.717) is 24.3 Å². The molecule has 0 fully saturated rings. The number of amides is 3. The summed E-state index contributed by atoms with van der Waals surface area (Å²) in [7, 11) is -2.28. The fourth-order valence-corrected chi connectivity index (χ4v) is 5.26. The molecule has 2 atom stereocenters. The van der Waals surface area contributed by atoms with Gasteiger partial charge in [-0.15, -0.1) is 0 Å². The van der Waals surface area contributed by atoms with Crippen LogP contribution in [0.2, 0.25) is 18.1 Å². The Balaban J connectivity index is 2.16. The van der Waals surface area contributed by atoms with Crippen molar-refractivity contribution < 1.29 is 38.2 Å². The number of nitrogens with one attached hydrogen (secondary N) is 3. The number of rotatable bonds is 15. The molecule has 2 aromatic carbocycles. The number of benzene rings is 2. The van der Waals surface area contributed by atoms with Gasteiger partial charge >= 0.3 is 18.2 Å². The van der Waals surface area contributed by atoms with Crippen LogP contribution in [0.15, 0.2) is 48.5 Å². The predicted molar refractivity (Wildman–Crippen MR) is 185 cm³/mol. The number of carboxylic acid groups (broad SMARTS) is 1. The zero-order valence-corrected chi connectivity index (χ0v) is 30.3. The van der Waals surface area contributed by atoms with Gasteiger partial charge in [0.2, 0.25) is 5.91 Å². The smallest absolute Gasteiger partial charge is 0.407 e. The number of carbonyl (C=O) groups excluding carboxylic acids is 3. The second-order valence-electron chi connectivity index (χ2n) is 14.4. The molecule has 0 saturated carbocycles. The van der Waals surface area contributed by atoms with Crippen LogP contribution in [0.1, 0.15) is 78.9 Å². The lowest BCUT2D eigenvalue weighted by atomic mass is 9.96. The number of alkyl carbamates (subject to hydrolysis) is 2. The van der Waals surface area contributed by atoms with Crippen LogP contribution in [0.25, 0.3) is 0 Å². The van der Waals surface area contributed by atoms with Crippen LogP contribution in [0.5, 0.6) is 5.75 Å². The first-order chi connectivity index (χ1) is 21.8. The predicted octanol–water partition coefficient (Wildman–Crippen LogP) is 7.26. The van der Waals surface area contributed by atoms with Gasteiger partial charge in [0, 0.05) is 19.0 Å². The van der Waals surface area contributed by atoms with Crippen LogP contribution in [0, 0.1) is 5.92 Å². The second kappa shape index (κ2) is 17.2. The van der Waals surface area contributed by atoms with Gasteiger partial charge in [0.1, 0.15) is 18.0 Å². The molecule has 0 aliphatic heterocycles. The standard InChI is InChI=1S/C35H53N3O8Si/c1-24(31(40)41)20-27(37-33(43)45-34(2,3)4)21-26-17-18-29(46-47(8,9)35(5,6)7)28(22-26)38-30(39)16-13-19-36-32(42)44-23-25-14-11-10-12-15-25/h10-12,14-15,17-18,22,24,27H,13,16,19-21,23H2,1-9H3,(H,36,42)(H,37,43)(H,38,39)(H,40,41)/t24?,27-/m1/s1. The number of carbonyl (C=O) groups is 4. The molecule has 0 saturated heterocycles. The first kappa shape index (κ1) is 39.1. The quantitative estimate of drug-likeness (QED) is 0.114. The fraction of sp³-hybridized carbons (Fsp3) is 0.543. The number of ether oxygens (including phenoxy) is 2. The van der Waals surface area contributed by atoms with E-state index in [9.17, 15) is 24.3 Å². The number of anilines is 1. The molecule has 0 heterocycles. The average molecular weight is 672 g/mol. The first-order valence-corrected chi connectivity index (χ1v) is 19.0. The highest BCUT2D eigenvalue weighted by molar-refractivity contribution is 6.74. The van der Waals surface area contributed by atoms with Gasteiger partial charge in [-0.1, -0.05) is 64.1 Å². The second-order valence-corrected chi connectivity index (χ2v) is 19.1. The van der Waals surface area contributed by atoms with Crippen LogP contribution in [-0.2, 0) is 32.1 Å². The Kier molecular flexibility index (Phi) is 14.3. The van der Waals surface area contributed by atoms with E-state index in [1.807, 2.05) is 36.4 Å². The highest BCUT2D eigenvalue weighted by Gasteiger charge is 2.39. The monoisotopic (exact) mass is 671 g/mol. The van der Waals surface area contributed by atoms with E-state index in [-0.39, 0.29) is 36.9 Å². The van der Waals surface area contributed by atoms with E-state index in [1.54, 1.807) is 39.8 Å². The van der Waals surface area contributed by atoms with E-state index < -0.39 is 44.0 Å². The first-order valence-electron chi connectivity index (χ1n) is 16.0. The van der Waals surface area contributed by atoms with E-state index in [0.717, 1.165) is 11.1 Å². The molecule has 4 N–H and O–H groups in total. The van der Waals surface area contributed by atoms with Crippen molar-refractivity contribution in [3.63, 3.8) is 0 Å². The van der Waals surface area contributed by atoms with Crippen LogP contribution < -0.4 is 20.4 Å². The molecule has 0 spiro atoms. The summed E-state index contributed by atoms with van der Waals surface area (Å²) in [4.78, 5) is 49.4. The minimum absolute atomic E-state index is 0.0941. The highest BCUT2D eigenvalue weighted by Crippen LogP contribution is 2.39. The molecule has 0 radical (unpaired) electrons. The summed E-state index contributed by atoms with van der Waals surface area (Å²) < 4.78 is 17.2. The van der Waals surface area contributed by atoms with E-state index in [2.05, 4.69) is 49.8 Å². The van der Waals surface area contributed by atoms with Crippen molar-refractivity contribution in [2.45, 2.75) is 111 Å². The maximum Gasteiger partial charge on any atom is 0.407 e. The SMILES string of the molecule is CC(C[C@H](Cc1ccc(O[Si](C)(C)C(C)(C)C)c(NC(=O)CCCNC(=O)OCc2ccccc2)c1)NC(=O)OC(C)(C)C)C(=O)O.